The number of hydrogen-bond acceptors (Lipinski definition) is 2. The zero-order chi connectivity index (χ0) is 11.5. The maximum Gasteiger partial charge on any atom is 0.107 e. The van der Waals surface area contributed by atoms with Crippen LogP contribution >= 0.6 is 15.9 Å². The van der Waals surface area contributed by atoms with Crippen LogP contribution in [0.15, 0.2) is 34.8 Å². The first-order valence-electron chi connectivity index (χ1n) is 5.21. The molecular formula is C12H14BrN3. The van der Waals surface area contributed by atoms with E-state index in [1.165, 1.54) is 0 Å². The van der Waals surface area contributed by atoms with Crippen molar-refractivity contribution in [2.24, 2.45) is 12.8 Å². The van der Waals surface area contributed by atoms with E-state index in [-0.39, 0.29) is 0 Å². The van der Waals surface area contributed by atoms with Gasteiger partial charge in [0.2, 0.25) is 0 Å². The minimum atomic E-state index is 0.631. The molecule has 3 nitrogen and oxygen atoms in total. The molecule has 2 aromatic rings. The number of hydrogen-bond donors (Lipinski definition) is 1. The fourth-order valence-electron chi connectivity index (χ4n) is 1.72. The molecule has 0 fully saturated rings. The Morgan fingerprint density at radius 2 is 2.00 bits per heavy atom. The zero-order valence-electron chi connectivity index (χ0n) is 9.15. The molecule has 0 saturated heterocycles. The summed E-state index contributed by atoms with van der Waals surface area (Å²) in [4.78, 5) is 0. The van der Waals surface area contributed by atoms with Gasteiger partial charge in [-0.25, -0.2) is 0 Å². The predicted octanol–water partition coefficient (Wildman–Crippen LogP) is 2.35. The average Bonchev–Trinajstić information content (AvgIpc) is 2.59. The lowest BCUT2D eigenvalue weighted by molar-refractivity contribution is 0.707. The van der Waals surface area contributed by atoms with Crippen LogP contribution in [0.25, 0.3) is 11.3 Å². The van der Waals surface area contributed by atoms with E-state index in [4.69, 9.17) is 5.73 Å². The van der Waals surface area contributed by atoms with Crippen molar-refractivity contribution in [2.45, 2.75) is 6.42 Å². The van der Waals surface area contributed by atoms with Crippen LogP contribution in [0.5, 0.6) is 0 Å². The number of rotatable bonds is 3. The van der Waals surface area contributed by atoms with Crippen LogP contribution in [0.4, 0.5) is 0 Å². The monoisotopic (exact) mass is 279 g/mol. The SMILES string of the molecule is Cn1nc(-c2ccccc2)c(Br)c1CCN. The molecule has 16 heavy (non-hydrogen) atoms. The lowest BCUT2D eigenvalue weighted by atomic mass is 10.1. The van der Waals surface area contributed by atoms with Crippen LogP contribution in [-0.4, -0.2) is 16.3 Å². The van der Waals surface area contributed by atoms with Gasteiger partial charge in [0, 0.05) is 19.0 Å². The van der Waals surface area contributed by atoms with Crippen molar-refractivity contribution in [3.63, 3.8) is 0 Å². The highest BCUT2D eigenvalue weighted by Crippen LogP contribution is 2.29. The Morgan fingerprint density at radius 3 is 2.62 bits per heavy atom. The second-order valence-electron chi connectivity index (χ2n) is 3.64. The number of benzene rings is 1. The molecule has 0 radical (unpaired) electrons. The first-order chi connectivity index (χ1) is 7.74. The highest BCUT2D eigenvalue weighted by molar-refractivity contribution is 9.10. The maximum atomic E-state index is 5.58. The Hall–Kier alpha value is -1.13. The normalized spacial score (nSPS) is 10.7. The highest BCUT2D eigenvalue weighted by atomic mass is 79.9. The van der Waals surface area contributed by atoms with Crippen molar-refractivity contribution < 1.29 is 0 Å². The summed E-state index contributed by atoms with van der Waals surface area (Å²) in [6.07, 6.45) is 0.830. The van der Waals surface area contributed by atoms with Crippen LogP contribution in [0.2, 0.25) is 0 Å². The number of nitrogens with two attached hydrogens (primary N) is 1. The maximum absolute atomic E-state index is 5.58. The quantitative estimate of drug-likeness (QED) is 0.938. The lowest BCUT2D eigenvalue weighted by Crippen LogP contribution is -2.07. The van der Waals surface area contributed by atoms with Gasteiger partial charge in [-0.1, -0.05) is 30.3 Å². The first kappa shape index (κ1) is 11.4. The molecule has 1 aromatic carbocycles. The van der Waals surface area contributed by atoms with Gasteiger partial charge in [-0.2, -0.15) is 5.10 Å². The largest absolute Gasteiger partial charge is 0.330 e. The van der Waals surface area contributed by atoms with Gasteiger partial charge >= 0.3 is 0 Å². The van der Waals surface area contributed by atoms with Crippen molar-refractivity contribution in [2.75, 3.05) is 6.54 Å². The Labute approximate surface area is 103 Å². The molecule has 2 N–H and O–H groups in total. The van der Waals surface area contributed by atoms with Gasteiger partial charge in [0.25, 0.3) is 0 Å². The third kappa shape index (κ3) is 2.03. The Kier molecular flexibility index (Phi) is 3.41. The van der Waals surface area contributed by atoms with E-state index in [0.29, 0.717) is 6.54 Å². The summed E-state index contributed by atoms with van der Waals surface area (Å²) >= 11 is 3.60. The molecule has 0 unspecified atom stereocenters. The van der Waals surface area contributed by atoms with E-state index in [2.05, 4.69) is 33.2 Å². The molecule has 4 heteroatoms. The number of aromatic nitrogens is 2. The molecule has 0 aliphatic rings. The number of halogens is 1. The molecular weight excluding hydrogens is 266 g/mol. The van der Waals surface area contributed by atoms with E-state index in [1.54, 1.807) is 0 Å². The minimum Gasteiger partial charge on any atom is -0.330 e. The molecule has 2 rings (SSSR count). The van der Waals surface area contributed by atoms with Gasteiger partial charge in [0.1, 0.15) is 5.69 Å². The summed E-state index contributed by atoms with van der Waals surface area (Å²) in [6, 6.07) is 10.1. The summed E-state index contributed by atoms with van der Waals surface area (Å²) in [7, 11) is 1.95. The summed E-state index contributed by atoms with van der Waals surface area (Å²) in [5.74, 6) is 0. The van der Waals surface area contributed by atoms with Crippen LogP contribution in [0, 0.1) is 0 Å². The molecule has 0 spiro atoms. The lowest BCUT2D eigenvalue weighted by Gasteiger charge is -1.99. The second kappa shape index (κ2) is 4.80. The van der Waals surface area contributed by atoms with E-state index >= 15 is 0 Å². The van der Waals surface area contributed by atoms with Crippen molar-refractivity contribution in [3.05, 3.63) is 40.5 Å². The second-order valence-corrected chi connectivity index (χ2v) is 4.43. The Balaban J connectivity index is 2.47. The van der Waals surface area contributed by atoms with E-state index in [9.17, 15) is 0 Å². The van der Waals surface area contributed by atoms with E-state index < -0.39 is 0 Å². The van der Waals surface area contributed by atoms with E-state index in [1.807, 2.05) is 29.9 Å². The summed E-state index contributed by atoms with van der Waals surface area (Å²) in [6.45, 7) is 0.631. The minimum absolute atomic E-state index is 0.631. The fourth-order valence-corrected chi connectivity index (χ4v) is 2.48. The smallest absolute Gasteiger partial charge is 0.107 e. The van der Waals surface area contributed by atoms with Gasteiger partial charge in [-0.3, -0.25) is 4.68 Å². The molecule has 0 atom stereocenters. The molecule has 0 saturated carbocycles. The standard InChI is InChI=1S/C12H14BrN3/c1-16-10(7-8-14)11(13)12(15-16)9-5-3-2-4-6-9/h2-6H,7-8,14H2,1H3. The van der Waals surface area contributed by atoms with Gasteiger partial charge < -0.3 is 5.73 Å². The van der Waals surface area contributed by atoms with Crippen LogP contribution in [0.1, 0.15) is 5.69 Å². The Bertz CT molecular complexity index is 477. The first-order valence-corrected chi connectivity index (χ1v) is 6.00. The summed E-state index contributed by atoms with van der Waals surface area (Å²) in [5, 5.41) is 4.51. The summed E-state index contributed by atoms with van der Waals surface area (Å²) < 4.78 is 2.94. The molecule has 1 heterocycles. The third-order valence-electron chi connectivity index (χ3n) is 2.53. The van der Waals surface area contributed by atoms with E-state index in [0.717, 1.165) is 27.8 Å². The van der Waals surface area contributed by atoms with Gasteiger partial charge in [0.15, 0.2) is 0 Å². The van der Waals surface area contributed by atoms with Crippen LogP contribution in [-0.2, 0) is 13.5 Å². The van der Waals surface area contributed by atoms with Gasteiger partial charge in [-0.05, 0) is 22.5 Å². The zero-order valence-corrected chi connectivity index (χ0v) is 10.7. The van der Waals surface area contributed by atoms with Gasteiger partial charge in [-0.15, -0.1) is 0 Å². The molecule has 0 bridgehead atoms. The Morgan fingerprint density at radius 1 is 1.31 bits per heavy atom. The molecule has 84 valence electrons. The fraction of sp³-hybridized carbons (Fsp3) is 0.250. The average molecular weight is 280 g/mol. The number of aryl methyl sites for hydroxylation is 1. The van der Waals surface area contributed by atoms with Gasteiger partial charge in [0.05, 0.1) is 10.2 Å². The van der Waals surface area contributed by atoms with Crippen molar-refractivity contribution >= 4 is 15.9 Å². The van der Waals surface area contributed by atoms with Crippen molar-refractivity contribution in [3.8, 4) is 11.3 Å². The van der Waals surface area contributed by atoms with Crippen molar-refractivity contribution in [1.29, 1.82) is 0 Å². The molecule has 1 aromatic heterocycles. The highest BCUT2D eigenvalue weighted by Gasteiger charge is 2.13. The van der Waals surface area contributed by atoms with Crippen molar-refractivity contribution in [1.82, 2.24) is 9.78 Å². The number of nitrogens with zero attached hydrogens (tertiary/aromatic N) is 2. The summed E-state index contributed by atoms with van der Waals surface area (Å²) in [5.41, 5.74) is 8.82. The predicted molar refractivity (Wildman–Crippen MR) is 69.1 cm³/mol. The molecule has 0 amide bonds. The molecule has 0 aliphatic heterocycles. The van der Waals surface area contributed by atoms with Crippen LogP contribution < -0.4 is 5.73 Å². The van der Waals surface area contributed by atoms with Crippen LogP contribution in [0.3, 0.4) is 0 Å². The third-order valence-corrected chi connectivity index (χ3v) is 3.36. The topological polar surface area (TPSA) is 43.8 Å². The molecule has 0 aliphatic carbocycles.